The number of hydrogen-bond acceptors (Lipinski definition) is 3. The Kier molecular flexibility index (Phi) is 7.44. The number of carbonyl (C=O) groups excluding carboxylic acids is 2. The van der Waals surface area contributed by atoms with Gasteiger partial charge in [-0.05, 0) is 57.4 Å². The Hall–Kier alpha value is -1.88. The highest BCUT2D eigenvalue weighted by atomic mass is 16.2. The van der Waals surface area contributed by atoms with Gasteiger partial charge in [-0.25, -0.2) is 0 Å². The van der Waals surface area contributed by atoms with Crippen LogP contribution in [0.3, 0.4) is 0 Å². The molecule has 138 valence electrons. The van der Waals surface area contributed by atoms with Crippen LogP contribution >= 0.6 is 0 Å². The lowest BCUT2D eigenvalue weighted by Crippen LogP contribution is -2.46. The number of nitrogens with zero attached hydrogens (tertiary/aromatic N) is 1. The molecule has 2 rings (SSSR count). The third kappa shape index (κ3) is 5.56. The van der Waals surface area contributed by atoms with Crippen LogP contribution in [0.4, 0.5) is 0 Å². The van der Waals surface area contributed by atoms with E-state index >= 15 is 0 Å². The van der Waals surface area contributed by atoms with Gasteiger partial charge in [0.15, 0.2) is 0 Å². The molecule has 2 unspecified atom stereocenters. The molecule has 5 heteroatoms. The second kappa shape index (κ2) is 9.56. The molecule has 2 atom stereocenters. The maximum Gasteiger partial charge on any atom is 0.253 e. The summed E-state index contributed by atoms with van der Waals surface area (Å²) < 4.78 is 0. The van der Waals surface area contributed by atoms with Crippen molar-refractivity contribution in [2.75, 3.05) is 19.6 Å². The molecule has 0 saturated carbocycles. The smallest absolute Gasteiger partial charge is 0.253 e. The van der Waals surface area contributed by atoms with E-state index in [0.717, 1.165) is 45.3 Å². The quantitative estimate of drug-likeness (QED) is 0.799. The normalized spacial score (nSPS) is 20.1. The van der Waals surface area contributed by atoms with Crippen molar-refractivity contribution < 1.29 is 9.59 Å². The predicted molar refractivity (Wildman–Crippen MR) is 101 cm³/mol. The third-order valence-corrected chi connectivity index (χ3v) is 4.60. The summed E-state index contributed by atoms with van der Waals surface area (Å²) in [4.78, 5) is 27.1. The first-order valence-electron chi connectivity index (χ1n) is 9.48. The molecule has 5 nitrogen and oxygen atoms in total. The van der Waals surface area contributed by atoms with Crippen molar-refractivity contribution in [2.45, 2.75) is 58.5 Å². The molecule has 25 heavy (non-hydrogen) atoms. The van der Waals surface area contributed by atoms with E-state index in [2.05, 4.69) is 31.4 Å². The SMILES string of the molecule is CCCN(CCC)C(=O)c1cccc(C(=O)NC2CCNC(C)C2)c1. The van der Waals surface area contributed by atoms with Crippen LogP contribution in [0.25, 0.3) is 0 Å². The van der Waals surface area contributed by atoms with E-state index in [1.807, 2.05) is 4.90 Å². The van der Waals surface area contributed by atoms with Gasteiger partial charge in [0.05, 0.1) is 0 Å². The van der Waals surface area contributed by atoms with Crippen molar-refractivity contribution >= 4 is 11.8 Å². The molecule has 1 aliphatic rings. The molecule has 2 amide bonds. The van der Waals surface area contributed by atoms with E-state index in [9.17, 15) is 9.59 Å². The van der Waals surface area contributed by atoms with Crippen LogP contribution in [0.15, 0.2) is 24.3 Å². The first kappa shape index (κ1) is 19.4. The van der Waals surface area contributed by atoms with Crippen LogP contribution in [0.2, 0.25) is 0 Å². The topological polar surface area (TPSA) is 61.4 Å². The summed E-state index contributed by atoms with van der Waals surface area (Å²) in [5.41, 5.74) is 1.15. The molecular weight excluding hydrogens is 314 g/mol. The molecule has 0 spiro atoms. The molecule has 2 N–H and O–H groups in total. The number of rotatable bonds is 7. The zero-order valence-electron chi connectivity index (χ0n) is 15.7. The summed E-state index contributed by atoms with van der Waals surface area (Å²) in [5.74, 6) is -0.0832. The fraction of sp³-hybridized carbons (Fsp3) is 0.600. The Bertz CT molecular complexity index is 582. The van der Waals surface area contributed by atoms with Crippen molar-refractivity contribution in [1.29, 1.82) is 0 Å². The highest BCUT2D eigenvalue weighted by Gasteiger charge is 2.21. The largest absolute Gasteiger partial charge is 0.349 e. The van der Waals surface area contributed by atoms with E-state index < -0.39 is 0 Å². The van der Waals surface area contributed by atoms with Gasteiger partial charge in [0.25, 0.3) is 11.8 Å². The molecule has 0 aromatic heterocycles. The summed E-state index contributed by atoms with van der Waals surface area (Å²) in [6, 6.07) is 7.71. The molecular formula is C20H31N3O2. The predicted octanol–water partition coefficient (Wildman–Crippen LogP) is 2.82. The maximum atomic E-state index is 12.7. The van der Waals surface area contributed by atoms with E-state index in [4.69, 9.17) is 0 Å². The summed E-state index contributed by atoms with van der Waals surface area (Å²) in [7, 11) is 0. The lowest BCUT2D eigenvalue weighted by Gasteiger charge is -2.28. The van der Waals surface area contributed by atoms with Crippen molar-refractivity contribution in [3.8, 4) is 0 Å². The van der Waals surface area contributed by atoms with Gasteiger partial charge in [0.2, 0.25) is 0 Å². The minimum Gasteiger partial charge on any atom is -0.349 e. The molecule has 0 aliphatic carbocycles. The summed E-state index contributed by atoms with van der Waals surface area (Å²) in [6.07, 6.45) is 3.74. The minimum absolute atomic E-state index is 0.00818. The molecule has 1 heterocycles. The molecule has 0 radical (unpaired) electrons. The van der Waals surface area contributed by atoms with Gasteiger partial charge in [0, 0.05) is 36.3 Å². The van der Waals surface area contributed by atoms with E-state index in [1.165, 1.54) is 0 Å². The van der Waals surface area contributed by atoms with Crippen LogP contribution in [0, 0.1) is 0 Å². The number of carbonyl (C=O) groups is 2. The molecule has 0 bridgehead atoms. The standard InChI is InChI=1S/C20H31N3O2/c1-4-11-23(12-5-2)20(25)17-8-6-7-16(14-17)19(24)22-18-9-10-21-15(3)13-18/h6-8,14-15,18,21H,4-5,9-13H2,1-3H3,(H,22,24). The lowest BCUT2D eigenvalue weighted by molar-refractivity contribution is 0.0755. The fourth-order valence-corrected chi connectivity index (χ4v) is 3.36. The second-order valence-electron chi connectivity index (χ2n) is 6.92. The van der Waals surface area contributed by atoms with E-state index in [0.29, 0.717) is 17.2 Å². The molecule has 1 fully saturated rings. The Balaban J connectivity index is 2.06. The van der Waals surface area contributed by atoms with Crippen LogP contribution in [0.5, 0.6) is 0 Å². The van der Waals surface area contributed by atoms with Gasteiger partial charge in [-0.1, -0.05) is 19.9 Å². The van der Waals surface area contributed by atoms with Gasteiger partial charge in [0.1, 0.15) is 0 Å². The minimum atomic E-state index is -0.0914. The molecule has 1 saturated heterocycles. The zero-order chi connectivity index (χ0) is 18.2. The highest BCUT2D eigenvalue weighted by Crippen LogP contribution is 2.12. The number of benzene rings is 1. The zero-order valence-corrected chi connectivity index (χ0v) is 15.7. The maximum absolute atomic E-state index is 12.7. The highest BCUT2D eigenvalue weighted by molar-refractivity contribution is 5.99. The van der Waals surface area contributed by atoms with E-state index in [-0.39, 0.29) is 17.9 Å². The number of nitrogens with one attached hydrogen (secondary N) is 2. The monoisotopic (exact) mass is 345 g/mol. The number of hydrogen-bond donors (Lipinski definition) is 2. The van der Waals surface area contributed by atoms with Crippen LogP contribution in [-0.2, 0) is 0 Å². The Morgan fingerprint density at radius 2 is 1.88 bits per heavy atom. The average molecular weight is 345 g/mol. The van der Waals surface area contributed by atoms with Crippen LogP contribution in [0.1, 0.15) is 67.2 Å². The molecule has 1 aromatic rings. The van der Waals surface area contributed by atoms with Crippen molar-refractivity contribution in [3.05, 3.63) is 35.4 Å². The average Bonchev–Trinajstić information content (AvgIpc) is 2.61. The molecule has 1 aromatic carbocycles. The van der Waals surface area contributed by atoms with Crippen molar-refractivity contribution in [3.63, 3.8) is 0 Å². The van der Waals surface area contributed by atoms with Crippen molar-refractivity contribution in [2.24, 2.45) is 0 Å². The lowest BCUT2D eigenvalue weighted by atomic mass is 10.00. The Morgan fingerprint density at radius 3 is 2.52 bits per heavy atom. The third-order valence-electron chi connectivity index (χ3n) is 4.60. The summed E-state index contributed by atoms with van der Waals surface area (Å²) >= 11 is 0. The number of amides is 2. The Morgan fingerprint density at radius 1 is 1.20 bits per heavy atom. The Labute approximate surface area is 151 Å². The first-order valence-corrected chi connectivity index (χ1v) is 9.48. The van der Waals surface area contributed by atoms with Gasteiger partial charge >= 0.3 is 0 Å². The van der Waals surface area contributed by atoms with Crippen molar-refractivity contribution in [1.82, 2.24) is 15.5 Å². The van der Waals surface area contributed by atoms with Crippen LogP contribution < -0.4 is 10.6 Å². The van der Waals surface area contributed by atoms with Gasteiger partial charge in [-0.2, -0.15) is 0 Å². The van der Waals surface area contributed by atoms with Gasteiger partial charge in [-0.3, -0.25) is 9.59 Å². The summed E-state index contributed by atoms with van der Waals surface area (Å²) in [6.45, 7) is 8.69. The number of piperidine rings is 1. The van der Waals surface area contributed by atoms with E-state index in [1.54, 1.807) is 24.3 Å². The summed E-state index contributed by atoms with van der Waals surface area (Å²) in [5, 5.41) is 6.49. The second-order valence-corrected chi connectivity index (χ2v) is 6.92. The fourth-order valence-electron chi connectivity index (χ4n) is 3.36. The molecule has 1 aliphatic heterocycles. The van der Waals surface area contributed by atoms with Gasteiger partial charge in [-0.15, -0.1) is 0 Å². The van der Waals surface area contributed by atoms with Gasteiger partial charge < -0.3 is 15.5 Å². The van der Waals surface area contributed by atoms with Crippen LogP contribution in [-0.4, -0.2) is 48.4 Å². The first-order chi connectivity index (χ1) is 12.0.